The number of imidazole rings is 1. The standard InChI is InChI=1S/C18H22FN3O2/c1-21(17(23)9-6-13-4-2-3-5-14(13)19)15-7-8-16(18(15)24)22-11-10-20-12-22/h2-5,10-12,15-16,18,24H,6-9H2,1H3/t15-,16-,18-/m1/s1. The van der Waals surface area contributed by atoms with Gasteiger partial charge in [-0.2, -0.15) is 0 Å². The van der Waals surface area contributed by atoms with Crippen molar-refractivity contribution in [3.63, 3.8) is 0 Å². The Balaban J connectivity index is 1.59. The summed E-state index contributed by atoms with van der Waals surface area (Å²) in [6.45, 7) is 0. The first kappa shape index (κ1) is 16.6. The lowest BCUT2D eigenvalue weighted by Gasteiger charge is -2.29. The number of hydrogen-bond donors (Lipinski definition) is 1. The number of likely N-dealkylation sites (N-methyl/N-ethyl adjacent to an activating group) is 1. The van der Waals surface area contributed by atoms with Crippen molar-refractivity contribution in [2.24, 2.45) is 0 Å². The van der Waals surface area contributed by atoms with E-state index in [4.69, 9.17) is 0 Å². The van der Waals surface area contributed by atoms with Crippen LogP contribution in [0.4, 0.5) is 4.39 Å². The summed E-state index contributed by atoms with van der Waals surface area (Å²) in [4.78, 5) is 18.1. The quantitative estimate of drug-likeness (QED) is 0.913. The Bertz CT molecular complexity index is 689. The van der Waals surface area contributed by atoms with Crippen molar-refractivity contribution >= 4 is 5.91 Å². The van der Waals surface area contributed by atoms with Crippen LogP contribution in [0, 0.1) is 5.82 Å². The first-order valence-corrected chi connectivity index (χ1v) is 8.22. The number of nitrogens with zero attached hydrogens (tertiary/aromatic N) is 3. The molecule has 1 heterocycles. The van der Waals surface area contributed by atoms with Crippen LogP contribution in [0.1, 0.15) is 30.9 Å². The van der Waals surface area contributed by atoms with Crippen molar-refractivity contribution in [1.29, 1.82) is 0 Å². The van der Waals surface area contributed by atoms with Gasteiger partial charge in [-0.1, -0.05) is 18.2 Å². The molecule has 0 unspecified atom stereocenters. The first-order valence-electron chi connectivity index (χ1n) is 8.22. The third-order valence-electron chi connectivity index (χ3n) is 4.91. The average Bonchev–Trinajstić information content (AvgIpc) is 3.22. The van der Waals surface area contributed by atoms with Gasteiger partial charge in [0.05, 0.1) is 24.5 Å². The van der Waals surface area contributed by atoms with E-state index in [2.05, 4.69) is 4.98 Å². The number of aliphatic hydroxyl groups is 1. The molecule has 0 aliphatic heterocycles. The summed E-state index contributed by atoms with van der Waals surface area (Å²) in [5.41, 5.74) is 0.544. The molecule has 1 aromatic heterocycles. The van der Waals surface area contributed by atoms with E-state index in [0.29, 0.717) is 12.0 Å². The van der Waals surface area contributed by atoms with Crippen LogP contribution in [0.3, 0.4) is 0 Å². The van der Waals surface area contributed by atoms with Crippen LogP contribution in [0.5, 0.6) is 0 Å². The molecule has 0 bridgehead atoms. The fourth-order valence-corrected chi connectivity index (χ4v) is 3.46. The summed E-state index contributed by atoms with van der Waals surface area (Å²) in [7, 11) is 1.72. The van der Waals surface area contributed by atoms with Gasteiger partial charge in [-0.25, -0.2) is 9.37 Å². The van der Waals surface area contributed by atoms with Crippen molar-refractivity contribution in [3.8, 4) is 0 Å². The maximum Gasteiger partial charge on any atom is 0.222 e. The Hall–Kier alpha value is -2.21. The zero-order valence-corrected chi connectivity index (χ0v) is 13.7. The second kappa shape index (κ2) is 7.13. The van der Waals surface area contributed by atoms with Crippen LogP contribution in [-0.2, 0) is 11.2 Å². The van der Waals surface area contributed by atoms with Crippen LogP contribution in [0.2, 0.25) is 0 Å². The minimum atomic E-state index is -0.624. The molecule has 3 atom stereocenters. The number of carbonyl (C=O) groups is 1. The Morgan fingerprint density at radius 3 is 2.92 bits per heavy atom. The SMILES string of the molecule is CN(C(=O)CCc1ccccc1F)[C@@H]1CC[C@@H](n2ccnc2)[C@@H]1O. The van der Waals surface area contributed by atoms with Gasteiger partial charge in [-0.05, 0) is 30.9 Å². The van der Waals surface area contributed by atoms with Crippen LogP contribution in [0.15, 0.2) is 43.0 Å². The average molecular weight is 331 g/mol. The van der Waals surface area contributed by atoms with Crippen molar-refractivity contribution in [3.05, 3.63) is 54.4 Å². The lowest BCUT2D eigenvalue weighted by atomic mass is 10.1. The van der Waals surface area contributed by atoms with E-state index in [-0.39, 0.29) is 30.2 Å². The van der Waals surface area contributed by atoms with Crippen molar-refractivity contribution in [2.75, 3.05) is 7.05 Å². The molecule has 1 fully saturated rings. The van der Waals surface area contributed by atoms with E-state index in [9.17, 15) is 14.3 Å². The van der Waals surface area contributed by atoms with Gasteiger partial charge in [-0.3, -0.25) is 4.79 Å². The Labute approximate surface area is 140 Å². The third kappa shape index (κ3) is 3.33. The number of amides is 1. The molecular weight excluding hydrogens is 309 g/mol. The predicted molar refractivity (Wildman–Crippen MR) is 87.8 cm³/mol. The molecule has 6 heteroatoms. The van der Waals surface area contributed by atoms with E-state index in [1.807, 2.05) is 10.8 Å². The minimum absolute atomic E-state index is 0.0562. The van der Waals surface area contributed by atoms with Crippen LogP contribution in [0.25, 0.3) is 0 Å². The smallest absolute Gasteiger partial charge is 0.222 e. The van der Waals surface area contributed by atoms with Gasteiger partial charge in [0.1, 0.15) is 5.82 Å². The van der Waals surface area contributed by atoms with Gasteiger partial charge in [0.25, 0.3) is 0 Å². The highest BCUT2D eigenvalue weighted by atomic mass is 19.1. The summed E-state index contributed by atoms with van der Waals surface area (Å²) in [6.07, 6.45) is 6.72. The molecule has 3 rings (SSSR count). The fraction of sp³-hybridized carbons (Fsp3) is 0.444. The molecule has 128 valence electrons. The van der Waals surface area contributed by atoms with Crippen LogP contribution >= 0.6 is 0 Å². The van der Waals surface area contributed by atoms with Crippen LogP contribution < -0.4 is 0 Å². The van der Waals surface area contributed by atoms with E-state index in [1.54, 1.807) is 42.7 Å². The lowest BCUT2D eigenvalue weighted by molar-refractivity contribution is -0.133. The largest absolute Gasteiger partial charge is 0.389 e. The number of rotatable bonds is 5. The third-order valence-corrected chi connectivity index (χ3v) is 4.91. The molecule has 0 radical (unpaired) electrons. The van der Waals surface area contributed by atoms with Gasteiger partial charge in [0.15, 0.2) is 0 Å². The molecule has 1 aromatic carbocycles. The predicted octanol–water partition coefficient (Wildman–Crippen LogP) is 2.18. The van der Waals surface area contributed by atoms with Gasteiger partial charge in [-0.15, -0.1) is 0 Å². The van der Waals surface area contributed by atoms with E-state index in [1.165, 1.54) is 6.07 Å². The number of aromatic nitrogens is 2. The highest BCUT2D eigenvalue weighted by Crippen LogP contribution is 2.33. The summed E-state index contributed by atoms with van der Waals surface area (Å²) >= 11 is 0. The summed E-state index contributed by atoms with van der Waals surface area (Å²) in [6, 6.07) is 6.23. The van der Waals surface area contributed by atoms with E-state index in [0.717, 1.165) is 12.8 Å². The molecule has 2 aromatic rings. The number of aliphatic hydroxyl groups excluding tert-OH is 1. The highest BCUT2D eigenvalue weighted by molar-refractivity contribution is 5.76. The number of halogens is 1. The maximum absolute atomic E-state index is 13.6. The first-order chi connectivity index (χ1) is 11.6. The zero-order valence-electron chi connectivity index (χ0n) is 13.7. The Kier molecular flexibility index (Phi) is 4.94. The number of benzene rings is 1. The summed E-state index contributed by atoms with van der Waals surface area (Å²) in [5, 5.41) is 10.6. The maximum atomic E-state index is 13.6. The molecule has 1 N–H and O–H groups in total. The topological polar surface area (TPSA) is 58.4 Å². The highest BCUT2D eigenvalue weighted by Gasteiger charge is 2.39. The van der Waals surface area contributed by atoms with E-state index < -0.39 is 6.10 Å². The van der Waals surface area contributed by atoms with Gasteiger partial charge >= 0.3 is 0 Å². The molecule has 1 amide bonds. The van der Waals surface area contributed by atoms with Gasteiger partial charge < -0.3 is 14.6 Å². The van der Waals surface area contributed by atoms with Crippen molar-refractivity contribution in [2.45, 2.75) is 43.9 Å². The van der Waals surface area contributed by atoms with Gasteiger partial charge in [0.2, 0.25) is 5.91 Å². The Morgan fingerprint density at radius 2 is 2.21 bits per heavy atom. The molecule has 0 saturated heterocycles. The second-order valence-corrected chi connectivity index (χ2v) is 6.31. The van der Waals surface area contributed by atoms with Gasteiger partial charge in [0, 0.05) is 25.9 Å². The molecule has 5 nitrogen and oxygen atoms in total. The number of aryl methyl sites for hydroxylation is 1. The molecule has 1 aliphatic carbocycles. The monoisotopic (exact) mass is 331 g/mol. The number of hydrogen-bond acceptors (Lipinski definition) is 3. The summed E-state index contributed by atoms with van der Waals surface area (Å²) < 4.78 is 15.5. The zero-order chi connectivity index (χ0) is 17.1. The molecular formula is C18H22FN3O2. The molecule has 1 saturated carbocycles. The van der Waals surface area contributed by atoms with Crippen molar-refractivity contribution in [1.82, 2.24) is 14.5 Å². The minimum Gasteiger partial charge on any atom is -0.389 e. The normalized spacial score (nSPS) is 23.4. The van der Waals surface area contributed by atoms with Crippen LogP contribution in [-0.4, -0.2) is 44.7 Å². The molecule has 0 spiro atoms. The number of carbonyl (C=O) groups excluding carboxylic acids is 1. The lowest BCUT2D eigenvalue weighted by Crippen LogP contribution is -2.43. The fourth-order valence-electron chi connectivity index (χ4n) is 3.46. The molecule has 1 aliphatic rings. The summed E-state index contributed by atoms with van der Waals surface area (Å²) in [5.74, 6) is -0.359. The molecule has 24 heavy (non-hydrogen) atoms. The Morgan fingerprint density at radius 1 is 1.42 bits per heavy atom. The van der Waals surface area contributed by atoms with E-state index >= 15 is 0 Å². The van der Waals surface area contributed by atoms with Crippen molar-refractivity contribution < 1.29 is 14.3 Å². The second-order valence-electron chi connectivity index (χ2n) is 6.31.